The first-order chi connectivity index (χ1) is 15.1. The van der Waals surface area contributed by atoms with Crippen molar-refractivity contribution in [3.05, 3.63) is 108 Å². The van der Waals surface area contributed by atoms with E-state index in [1.165, 1.54) is 0 Å². The van der Waals surface area contributed by atoms with Crippen LogP contribution in [0.1, 0.15) is 17.4 Å². The lowest BCUT2D eigenvalue weighted by molar-refractivity contribution is -0.123. The minimum atomic E-state index is -0.419. The molecule has 0 saturated carbocycles. The summed E-state index contributed by atoms with van der Waals surface area (Å²) >= 11 is 6.03. The molecule has 0 bridgehead atoms. The molecule has 0 unspecified atom stereocenters. The summed E-state index contributed by atoms with van der Waals surface area (Å²) in [5, 5.41) is 3.67. The predicted octanol–water partition coefficient (Wildman–Crippen LogP) is 5.03. The van der Waals surface area contributed by atoms with Crippen molar-refractivity contribution in [3.8, 4) is 16.9 Å². The molecule has 31 heavy (non-hydrogen) atoms. The lowest BCUT2D eigenvalue weighted by atomic mass is 10.1. The summed E-state index contributed by atoms with van der Waals surface area (Å²) in [6.45, 7) is -0.113. The zero-order valence-electron chi connectivity index (χ0n) is 17.0. The number of para-hydroxylation sites is 1. The molecule has 0 spiro atoms. The molecule has 156 valence electrons. The average Bonchev–Trinajstić information content (AvgIpc) is 3.23. The van der Waals surface area contributed by atoms with Gasteiger partial charge in [0.2, 0.25) is 0 Å². The van der Waals surface area contributed by atoms with Crippen LogP contribution in [-0.2, 0) is 11.8 Å². The number of aromatic nitrogens is 2. The number of nitrogens with zero attached hydrogens (tertiary/aromatic N) is 2. The number of aryl methyl sites for hydroxylation is 1. The third-order valence-corrected chi connectivity index (χ3v) is 5.21. The molecule has 0 saturated heterocycles. The molecule has 4 aromatic rings. The molecule has 0 aliphatic carbocycles. The first kappa shape index (κ1) is 20.7. The van der Waals surface area contributed by atoms with Crippen LogP contribution in [0.5, 0.6) is 5.75 Å². The maximum atomic E-state index is 12.8. The molecule has 3 aromatic carbocycles. The number of amides is 1. The van der Waals surface area contributed by atoms with Gasteiger partial charge < -0.3 is 14.6 Å². The van der Waals surface area contributed by atoms with Gasteiger partial charge in [0.25, 0.3) is 5.91 Å². The van der Waals surface area contributed by atoms with E-state index in [1.54, 1.807) is 18.3 Å². The fourth-order valence-electron chi connectivity index (χ4n) is 3.40. The van der Waals surface area contributed by atoms with Crippen LogP contribution in [0.4, 0.5) is 0 Å². The molecular formula is C25H22ClN3O2. The first-order valence-corrected chi connectivity index (χ1v) is 10.3. The van der Waals surface area contributed by atoms with Crippen LogP contribution in [0.2, 0.25) is 5.02 Å². The normalized spacial score (nSPS) is 11.7. The third-order valence-electron chi connectivity index (χ3n) is 4.96. The number of carbonyl (C=O) groups is 1. The van der Waals surface area contributed by atoms with Crippen LogP contribution < -0.4 is 10.1 Å². The highest BCUT2D eigenvalue weighted by Gasteiger charge is 2.21. The van der Waals surface area contributed by atoms with Gasteiger partial charge in [-0.15, -0.1) is 0 Å². The van der Waals surface area contributed by atoms with E-state index < -0.39 is 6.04 Å². The van der Waals surface area contributed by atoms with E-state index in [0.29, 0.717) is 10.8 Å². The summed E-state index contributed by atoms with van der Waals surface area (Å²) in [6.07, 6.45) is 3.55. The van der Waals surface area contributed by atoms with E-state index in [-0.39, 0.29) is 12.5 Å². The van der Waals surface area contributed by atoms with Crippen molar-refractivity contribution in [3.63, 3.8) is 0 Å². The molecule has 0 aliphatic rings. The van der Waals surface area contributed by atoms with E-state index >= 15 is 0 Å². The summed E-state index contributed by atoms with van der Waals surface area (Å²) in [5.74, 6) is 1.13. The van der Waals surface area contributed by atoms with Crippen molar-refractivity contribution in [1.29, 1.82) is 0 Å². The Labute approximate surface area is 186 Å². The number of hydrogen-bond donors (Lipinski definition) is 1. The third kappa shape index (κ3) is 4.95. The largest absolute Gasteiger partial charge is 0.483 e. The Bertz CT molecular complexity index is 1160. The van der Waals surface area contributed by atoms with E-state index in [1.807, 2.05) is 84.5 Å². The Morgan fingerprint density at radius 1 is 1.03 bits per heavy atom. The number of ether oxygens (including phenoxy) is 1. The number of nitrogens with one attached hydrogen (secondary N) is 1. The zero-order valence-corrected chi connectivity index (χ0v) is 17.8. The summed E-state index contributed by atoms with van der Waals surface area (Å²) in [6, 6.07) is 24.6. The lowest BCUT2D eigenvalue weighted by Crippen LogP contribution is -2.34. The van der Waals surface area contributed by atoms with Gasteiger partial charge in [-0.05, 0) is 29.3 Å². The van der Waals surface area contributed by atoms with Crippen molar-refractivity contribution in [2.45, 2.75) is 6.04 Å². The first-order valence-electron chi connectivity index (χ1n) is 9.91. The summed E-state index contributed by atoms with van der Waals surface area (Å²) in [4.78, 5) is 17.2. The quantitative estimate of drug-likeness (QED) is 0.446. The Morgan fingerprint density at radius 2 is 1.74 bits per heavy atom. The van der Waals surface area contributed by atoms with Gasteiger partial charge in [-0.3, -0.25) is 4.79 Å². The molecule has 1 aromatic heterocycles. The van der Waals surface area contributed by atoms with Crippen LogP contribution in [0.25, 0.3) is 11.1 Å². The fraction of sp³-hybridized carbons (Fsp3) is 0.120. The molecule has 5 nitrogen and oxygen atoms in total. The van der Waals surface area contributed by atoms with Crippen LogP contribution in [0.3, 0.4) is 0 Å². The van der Waals surface area contributed by atoms with E-state index in [9.17, 15) is 4.79 Å². The fourth-order valence-corrected chi connectivity index (χ4v) is 3.53. The number of hydrogen-bond acceptors (Lipinski definition) is 3. The Hall–Kier alpha value is -3.57. The number of carbonyl (C=O) groups excluding carboxylic acids is 1. The minimum absolute atomic E-state index is 0.113. The number of imidazole rings is 1. The molecule has 0 radical (unpaired) electrons. The van der Waals surface area contributed by atoms with Crippen molar-refractivity contribution in [2.24, 2.45) is 7.05 Å². The highest BCUT2D eigenvalue weighted by atomic mass is 35.5. The second-order valence-electron chi connectivity index (χ2n) is 7.10. The van der Waals surface area contributed by atoms with Gasteiger partial charge in [0.15, 0.2) is 6.61 Å². The zero-order chi connectivity index (χ0) is 21.6. The molecule has 1 atom stereocenters. The molecule has 1 N–H and O–H groups in total. The van der Waals surface area contributed by atoms with Gasteiger partial charge >= 0.3 is 0 Å². The minimum Gasteiger partial charge on any atom is -0.483 e. The van der Waals surface area contributed by atoms with Gasteiger partial charge in [0.1, 0.15) is 17.6 Å². The summed E-state index contributed by atoms with van der Waals surface area (Å²) in [7, 11) is 1.89. The Kier molecular flexibility index (Phi) is 6.34. The van der Waals surface area contributed by atoms with Gasteiger partial charge in [0.05, 0.1) is 0 Å². The standard InChI is InChI=1S/C25H22ClN3O2/c1-29-16-15-27-25(29)24(19-11-13-20(26)14-12-19)28-23(30)17-31-22-10-6-5-9-21(22)18-7-3-2-4-8-18/h2-16,24H,17H2,1H3,(H,28,30)/t24-/m0/s1. The van der Waals surface area contributed by atoms with Gasteiger partial charge in [-0.1, -0.05) is 72.3 Å². The number of halogens is 1. The van der Waals surface area contributed by atoms with Gasteiger partial charge in [0, 0.05) is 30.0 Å². The highest BCUT2D eigenvalue weighted by Crippen LogP contribution is 2.29. The molecule has 1 heterocycles. The van der Waals surface area contributed by atoms with Crippen molar-refractivity contribution in [1.82, 2.24) is 14.9 Å². The lowest BCUT2D eigenvalue weighted by Gasteiger charge is -2.20. The maximum Gasteiger partial charge on any atom is 0.258 e. The van der Waals surface area contributed by atoms with Crippen LogP contribution in [-0.4, -0.2) is 22.1 Å². The van der Waals surface area contributed by atoms with Crippen LogP contribution in [0.15, 0.2) is 91.3 Å². The molecule has 0 aliphatic heterocycles. The van der Waals surface area contributed by atoms with Gasteiger partial charge in [-0.25, -0.2) is 4.98 Å². The summed E-state index contributed by atoms with van der Waals surface area (Å²) < 4.78 is 7.78. The van der Waals surface area contributed by atoms with E-state index in [0.717, 1.165) is 22.5 Å². The Balaban J connectivity index is 1.51. The van der Waals surface area contributed by atoms with Crippen molar-refractivity contribution in [2.75, 3.05) is 6.61 Å². The molecular weight excluding hydrogens is 410 g/mol. The van der Waals surface area contributed by atoms with Crippen LogP contribution >= 0.6 is 11.6 Å². The summed E-state index contributed by atoms with van der Waals surface area (Å²) in [5.41, 5.74) is 2.86. The monoisotopic (exact) mass is 431 g/mol. The number of rotatable bonds is 7. The average molecular weight is 432 g/mol. The van der Waals surface area contributed by atoms with Gasteiger partial charge in [-0.2, -0.15) is 0 Å². The maximum absolute atomic E-state index is 12.8. The Morgan fingerprint density at radius 3 is 2.45 bits per heavy atom. The second kappa shape index (κ2) is 9.49. The van der Waals surface area contributed by atoms with Crippen molar-refractivity contribution < 1.29 is 9.53 Å². The van der Waals surface area contributed by atoms with Crippen LogP contribution in [0, 0.1) is 0 Å². The predicted molar refractivity (Wildman–Crippen MR) is 122 cm³/mol. The van der Waals surface area contributed by atoms with Crippen molar-refractivity contribution >= 4 is 17.5 Å². The number of benzene rings is 3. The SMILES string of the molecule is Cn1ccnc1[C@@H](NC(=O)COc1ccccc1-c1ccccc1)c1ccc(Cl)cc1. The second-order valence-corrected chi connectivity index (χ2v) is 7.54. The molecule has 4 rings (SSSR count). The van der Waals surface area contributed by atoms with E-state index in [2.05, 4.69) is 10.3 Å². The van der Waals surface area contributed by atoms with E-state index in [4.69, 9.17) is 16.3 Å². The topological polar surface area (TPSA) is 56.2 Å². The molecule has 6 heteroatoms. The highest BCUT2D eigenvalue weighted by molar-refractivity contribution is 6.30. The molecule has 0 fully saturated rings. The smallest absolute Gasteiger partial charge is 0.258 e. The molecule has 1 amide bonds.